The lowest BCUT2D eigenvalue weighted by Crippen LogP contribution is -2.42. The molecule has 0 spiro atoms. The molecule has 2 rings (SSSR count). The average Bonchev–Trinajstić information content (AvgIpc) is 2.44. The van der Waals surface area contributed by atoms with E-state index >= 15 is 0 Å². The third-order valence-corrected chi connectivity index (χ3v) is 4.59. The second-order valence-corrected chi connectivity index (χ2v) is 5.74. The highest BCUT2D eigenvalue weighted by atomic mass is 15.2. The van der Waals surface area contributed by atoms with Gasteiger partial charge in [-0.2, -0.15) is 0 Å². The molecule has 1 saturated heterocycles. The van der Waals surface area contributed by atoms with E-state index < -0.39 is 0 Å². The van der Waals surface area contributed by atoms with E-state index in [0.29, 0.717) is 12.1 Å². The summed E-state index contributed by atoms with van der Waals surface area (Å²) in [6.45, 7) is 8.04. The van der Waals surface area contributed by atoms with Gasteiger partial charge in [-0.3, -0.25) is 4.98 Å². The maximum absolute atomic E-state index is 4.65. The molecule has 1 fully saturated rings. The molecular weight excluding hydrogens is 234 g/mol. The van der Waals surface area contributed by atoms with Crippen LogP contribution in [0.4, 0.5) is 5.69 Å². The summed E-state index contributed by atoms with van der Waals surface area (Å²) in [6.07, 6.45) is 5.76. The normalized spacial score (nSPS) is 25.4. The van der Waals surface area contributed by atoms with Crippen molar-refractivity contribution in [3.8, 4) is 0 Å². The van der Waals surface area contributed by atoms with Crippen molar-refractivity contribution in [2.24, 2.45) is 5.92 Å². The van der Waals surface area contributed by atoms with Gasteiger partial charge < -0.3 is 10.2 Å². The number of pyridine rings is 1. The van der Waals surface area contributed by atoms with Crippen molar-refractivity contribution in [2.45, 2.75) is 52.1 Å². The van der Waals surface area contributed by atoms with E-state index in [1.54, 1.807) is 0 Å². The Bertz CT molecular complexity index is 383. The monoisotopic (exact) mass is 261 g/mol. The zero-order valence-corrected chi connectivity index (χ0v) is 12.7. The molecule has 106 valence electrons. The number of nitrogens with zero attached hydrogens (tertiary/aromatic N) is 2. The molecule has 0 aliphatic carbocycles. The highest BCUT2D eigenvalue weighted by molar-refractivity contribution is 5.46. The lowest BCUT2D eigenvalue weighted by atomic mass is 9.92. The third kappa shape index (κ3) is 3.08. The summed E-state index contributed by atoms with van der Waals surface area (Å²) in [7, 11) is 2.00. The van der Waals surface area contributed by atoms with Crippen LogP contribution >= 0.6 is 0 Å². The standard InChI is InChI=1S/C16H27N3/c1-5-15(17-4)16-9-8-14(11-18-16)19-10-6-7-12(2)13(19)3/h8-9,11-13,15,17H,5-7,10H2,1-4H3. The van der Waals surface area contributed by atoms with Crippen molar-refractivity contribution >= 4 is 5.69 Å². The zero-order chi connectivity index (χ0) is 13.8. The number of anilines is 1. The Hall–Kier alpha value is -1.09. The molecule has 3 nitrogen and oxygen atoms in total. The molecule has 0 radical (unpaired) electrons. The minimum absolute atomic E-state index is 0.367. The van der Waals surface area contributed by atoms with Crippen molar-refractivity contribution < 1.29 is 0 Å². The molecule has 3 unspecified atom stereocenters. The van der Waals surface area contributed by atoms with Crippen LogP contribution in [0.2, 0.25) is 0 Å². The van der Waals surface area contributed by atoms with Crippen molar-refractivity contribution in [1.82, 2.24) is 10.3 Å². The number of nitrogens with one attached hydrogen (secondary N) is 1. The van der Waals surface area contributed by atoms with Gasteiger partial charge in [-0.25, -0.2) is 0 Å². The fourth-order valence-corrected chi connectivity index (χ4v) is 3.03. The van der Waals surface area contributed by atoms with Gasteiger partial charge in [0.1, 0.15) is 0 Å². The summed E-state index contributed by atoms with van der Waals surface area (Å²) in [5.41, 5.74) is 2.42. The third-order valence-electron chi connectivity index (χ3n) is 4.59. The Morgan fingerprint density at radius 1 is 1.42 bits per heavy atom. The second kappa shape index (κ2) is 6.38. The number of hydrogen-bond acceptors (Lipinski definition) is 3. The smallest absolute Gasteiger partial charge is 0.0574 e. The Morgan fingerprint density at radius 3 is 2.79 bits per heavy atom. The van der Waals surface area contributed by atoms with Crippen LogP contribution in [0.5, 0.6) is 0 Å². The Kier molecular flexibility index (Phi) is 4.81. The molecule has 0 bridgehead atoms. The molecule has 0 aromatic carbocycles. The van der Waals surface area contributed by atoms with E-state index in [4.69, 9.17) is 0 Å². The first-order valence-corrected chi connectivity index (χ1v) is 7.57. The van der Waals surface area contributed by atoms with E-state index in [9.17, 15) is 0 Å². The lowest BCUT2D eigenvalue weighted by molar-refractivity contribution is 0.363. The largest absolute Gasteiger partial charge is 0.367 e. The van der Waals surface area contributed by atoms with Crippen LogP contribution in [0.15, 0.2) is 18.3 Å². The highest BCUT2D eigenvalue weighted by Gasteiger charge is 2.25. The first-order chi connectivity index (χ1) is 9.17. The predicted octanol–water partition coefficient (Wildman–Crippen LogP) is 3.38. The molecule has 0 saturated carbocycles. The fraction of sp³-hybridized carbons (Fsp3) is 0.688. The summed E-state index contributed by atoms with van der Waals surface area (Å²) in [4.78, 5) is 7.16. The Morgan fingerprint density at radius 2 is 2.21 bits per heavy atom. The molecule has 1 N–H and O–H groups in total. The summed E-state index contributed by atoms with van der Waals surface area (Å²) < 4.78 is 0. The van der Waals surface area contributed by atoms with Crippen LogP contribution in [0.3, 0.4) is 0 Å². The van der Waals surface area contributed by atoms with E-state index in [0.717, 1.165) is 24.6 Å². The van der Waals surface area contributed by atoms with Crippen molar-refractivity contribution in [3.63, 3.8) is 0 Å². The predicted molar refractivity (Wildman–Crippen MR) is 81.5 cm³/mol. The van der Waals surface area contributed by atoms with Crippen LogP contribution in [-0.2, 0) is 0 Å². The molecule has 0 amide bonds. The first-order valence-electron chi connectivity index (χ1n) is 7.57. The molecule has 1 aliphatic rings. The minimum Gasteiger partial charge on any atom is -0.367 e. The highest BCUT2D eigenvalue weighted by Crippen LogP contribution is 2.28. The number of piperidine rings is 1. The van der Waals surface area contributed by atoms with E-state index in [1.807, 2.05) is 13.2 Å². The van der Waals surface area contributed by atoms with Gasteiger partial charge >= 0.3 is 0 Å². The van der Waals surface area contributed by atoms with Crippen LogP contribution in [0.1, 0.15) is 51.8 Å². The average molecular weight is 261 g/mol. The summed E-state index contributed by atoms with van der Waals surface area (Å²) in [5.74, 6) is 0.772. The van der Waals surface area contributed by atoms with Gasteiger partial charge in [0.2, 0.25) is 0 Å². The topological polar surface area (TPSA) is 28.2 Å². The van der Waals surface area contributed by atoms with Gasteiger partial charge in [0.25, 0.3) is 0 Å². The summed E-state index contributed by atoms with van der Waals surface area (Å²) >= 11 is 0. The van der Waals surface area contributed by atoms with Crippen LogP contribution < -0.4 is 10.2 Å². The minimum atomic E-state index is 0.367. The zero-order valence-electron chi connectivity index (χ0n) is 12.7. The van der Waals surface area contributed by atoms with Crippen molar-refractivity contribution in [3.05, 3.63) is 24.0 Å². The second-order valence-electron chi connectivity index (χ2n) is 5.74. The maximum Gasteiger partial charge on any atom is 0.0574 e. The first kappa shape index (κ1) is 14.3. The lowest BCUT2D eigenvalue weighted by Gasteiger charge is -2.39. The van der Waals surface area contributed by atoms with Crippen LogP contribution in [0.25, 0.3) is 0 Å². The quantitative estimate of drug-likeness (QED) is 0.900. The maximum atomic E-state index is 4.65. The van der Waals surface area contributed by atoms with Crippen LogP contribution in [0, 0.1) is 5.92 Å². The van der Waals surface area contributed by atoms with E-state index in [-0.39, 0.29) is 0 Å². The van der Waals surface area contributed by atoms with Gasteiger partial charge in [0.15, 0.2) is 0 Å². The number of hydrogen-bond donors (Lipinski definition) is 1. The fourth-order valence-electron chi connectivity index (χ4n) is 3.03. The van der Waals surface area contributed by atoms with Gasteiger partial charge in [-0.15, -0.1) is 0 Å². The number of rotatable bonds is 4. The molecule has 19 heavy (non-hydrogen) atoms. The van der Waals surface area contributed by atoms with Crippen molar-refractivity contribution in [1.29, 1.82) is 0 Å². The Balaban J connectivity index is 2.13. The molecule has 1 aromatic heterocycles. The van der Waals surface area contributed by atoms with Crippen molar-refractivity contribution in [2.75, 3.05) is 18.5 Å². The van der Waals surface area contributed by atoms with Gasteiger partial charge in [0, 0.05) is 18.6 Å². The van der Waals surface area contributed by atoms with E-state index in [1.165, 1.54) is 18.5 Å². The van der Waals surface area contributed by atoms with Gasteiger partial charge in [-0.1, -0.05) is 13.8 Å². The molecule has 1 aliphatic heterocycles. The molecular formula is C16H27N3. The molecule has 2 heterocycles. The molecule has 3 heteroatoms. The van der Waals surface area contributed by atoms with E-state index in [2.05, 4.69) is 48.1 Å². The van der Waals surface area contributed by atoms with Gasteiger partial charge in [-0.05, 0) is 51.3 Å². The van der Waals surface area contributed by atoms with Crippen LogP contribution in [-0.4, -0.2) is 24.6 Å². The SMILES string of the molecule is CCC(NC)c1ccc(N2CCCC(C)C2C)cn1. The summed E-state index contributed by atoms with van der Waals surface area (Å²) in [5, 5.41) is 3.31. The molecule has 1 aromatic rings. The number of aromatic nitrogens is 1. The molecule has 3 atom stereocenters. The summed E-state index contributed by atoms with van der Waals surface area (Å²) in [6, 6.07) is 5.39. The van der Waals surface area contributed by atoms with Gasteiger partial charge in [0.05, 0.1) is 17.6 Å². The Labute approximate surface area is 117 Å².